The van der Waals surface area contributed by atoms with Gasteiger partial charge in [-0.15, -0.1) is 0 Å². The van der Waals surface area contributed by atoms with Crippen LogP contribution in [0.15, 0.2) is 24.4 Å². The Hall–Kier alpha value is -1.71. The predicted molar refractivity (Wildman–Crippen MR) is 62.9 cm³/mol. The Morgan fingerprint density at radius 3 is 2.76 bits per heavy atom. The molecule has 1 aliphatic rings. The molecular weight excluding hydrogens is 216 g/mol. The summed E-state index contributed by atoms with van der Waals surface area (Å²) in [6.45, 7) is 3.78. The number of rotatable bonds is 3. The van der Waals surface area contributed by atoms with Gasteiger partial charge in [0.15, 0.2) is 0 Å². The predicted octanol–water partition coefficient (Wildman–Crippen LogP) is 1.93. The van der Waals surface area contributed by atoms with Gasteiger partial charge in [0.05, 0.1) is 11.7 Å². The second kappa shape index (κ2) is 4.65. The van der Waals surface area contributed by atoms with Crippen molar-refractivity contribution in [1.82, 2.24) is 9.88 Å². The van der Waals surface area contributed by atoms with Gasteiger partial charge in [0.2, 0.25) is 11.8 Å². The van der Waals surface area contributed by atoms with Gasteiger partial charge in [0.1, 0.15) is 0 Å². The lowest BCUT2D eigenvalue weighted by Gasteiger charge is -2.22. The van der Waals surface area contributed by atoms with Crippen molar-refractivity contribution in [2.75, 3.05) is 0 Å². The normalized spacial score (nSPS) is 22.0. The topological polar surface area (TPSA) is 50.3 Å². The van der Waals surface area contributed by atoms with E-state index in [9.17, 15) is 9.59 Å². The van der Waals surface area contributed by atoms with Gasteiger partial charge >= 0.3 is 0 Å². The Balaban J connectivity index is 2.23. The molecule has 1 aromatic rings. The first kappa shape index (κ1) is 11.8. The molecule has 0 aliphatic carbocycles. The highest BCUT2D eigenvalue weighted by Crippen LogP contribution is 2.29. The van der Waals surface area contributed by atoms with Crippen LogP contribution >= 0.6 is 0 Å². The average Bonchev–Trinajstić information content (AvgIpc) is 2.64. The summed E-state index contributed by atoms with van der Waals surface area (Å²) in [5, 5.41) is 0. The van der Waals surface area contributed by atoms with E-state index in [1.165, 1.54) is 4.90 Å². The summed E-state index contributed by atoms with van der Waals surface area (Å²) < 4.78 is 0. The zero-order chi connectivity index (χ0) is 12.4. The van der Waals surface area contributed by atoms with Crippen molar-refractivity contribution in [2.24, 2.45) is 5.92 Å². The van der Waals surface area contributed by atoms with Gasteiger partial charge < -0.3 is 0 Å². The maximum absolute atomic E-state index is 12.0. The molecule has 0 N–H and O–H groups in total. The van der Waals surface area contributed by atoms with Crippen molar-refractivity contribution in [1.29, 1.82) is 0 Å². The summed E-state index contributed by atoms with van der Waals surface area (Å²) in [5.41, 5.74) is 0.756. The van der Waals surface area contributed by atoms with E-state index < -0.39 is 0 Å². The second-order valence-electron chi connectivity index (χ2n) is 4.34. The highest BCUT2D eigenvalue weighted by atomic mass is 16.2. The number of aromatic nitrogens is 1. The van der Waals surface area contributed by atoms with Gasteiger partial charge in [0, 0.05) is 18.5 Å². The molecule has 2 amide bonds. The minimum atomic E-state index is -0.271. The fraction of sp³-hybridized carbons (Fsp3) is 0.462. The zero-order valence-electron chi connectivity index (χ0n) is 10.1. The number of nitrogens with zero attached hydrogens (tertiary/aromatic N) is 2. The molecule has 17 heavy (non-hydrogen) atoms. The number of likely N-dealkylation sites (tertiary alicyclic amines) is 1. The van der Waals surface area contributed by atoms with Crippen LogP contribution in [0.25, 0.3) is 0 Å². The van der Waals surface area contributed by atoms with Crippen LogP contribution in [0, 0.1) is 5.92 Å². The molecular formula is C13H16N2O2. The molecule has 1 aromatic heterocycles. The number of hydrogen-bond acceptors (Lipinski definition) is 3. The van der Waals surface area contributed by atoms with Gasteiger partial charge in [-0.05, 0) is 25.5 Å². The van der Waals surface area contributed by atoms with Crippen molar-refractivity contribution >= 4 is 11.8 Å². The smallest absolute Gasteiger partial charge is 0.233 e. The molecule has 2 heterocycles. The summed E-state index contributed by atoms with van der Waals surface area (Å²) in [6.07, 6.45) is 2.73. The van der Waals surface area contributed by atoms with E-state index in [2.05, 4.69) is 4.98 Å². The Labute approximate surface area is 101 Å². The van der Waals surface area contributed by atoms with E-state index in [0.29, 0.717) is 6.42 Å². The molecule has 0 saturated carbocycles. The van der Waals surface area contributed by atoms with Crippen LogP contribution in [0.5, 0.6) is 0 Å². The van der Waals surface area contributed by atoms with Gasteiger partial charge in [-0.1, -0.05) is 13.0 Å². The van der Waals surface area contributed by atoms with Crippen LogP contribution in [0.4, 0.5) is 0 Å². The summed E-state index contributed by atoms with van der Waals surface area (Å²) in [6, 6.07) is 5.25. The number of hydrogen-bond donors (Lipinski definition) is 0. The summed E-state index contributed by atoms with van der Waals surface area (Å²) in [7, 11) is 0. The molecule has 1 fully saturated rings. The molecule has 0 bridgehead atoms. The highest BCUT2D eigenvalue weighted by molar-refractivity contribution is 6.03. The lowest BCUT2D eigenvalue weighted by atomic mass is 10.1. The maximum atomic E-state index is 12.0. The molecule has 2 rings (SSSR count). The molecule has 0 spiro atoms. The minimum Gasteiger partial charge on any atom is -0.274 e. The molecule has 0 radical (unpaired) electrons. The van der Waals surface area contributed by atoms with Crippen LogP contribution in [0.1, 0.15) is 38.4 Å². The molecule has 4 heteroatoms. The largest absolute Gasteiger partial charge is 0.274 e. The molecule has 90 valence electrons. The number of carbonyl (C=O) groups is 2. The van der Waals surface area contributed by atoms with E-state index in [-0.39, 0.29) is 23.8 Å². The van der Waals surface area contributed by atoms with Crippen LogP contribution in [0.3, 0.4) is 0 Å². The quantitative estimate of drug-likeness (QED) is 0.748. The first-order valence-corrected chi connectivity index (χ1v) is 5.92. The summed E-state index contributed by atoms with van der Waals surface area (Å²) in [4.78, 5) is 29.4. The van der Waals surface area contributed by atoms with E-state index >= 15 is 0 Å². The average molecular weight is 232 g/mol. The molecule has 2 unspecified atom stereocenters. The van der Waals surface area contributed by atoms with Crippen LogP contribution in [-0.4, -0.2) is 21.7 Å². The molecule has 1 aliphatic heterocycles. The first-order chi connectivity index (χ1) is 8.15. The lowest BCUT2D eigenvalue weighted by molar-refractivity contribution is -0.142. The second-order valence-corrected chi connectivity index (χ2v) is 4.34. The maximum Gasteiger partial charge on any atom is 0.233 e. The van der Waals surface area contributed by atoms with Crippen molar-refractivity contribution in [3.63, 3.8) is 0 Å². The first-order valence-electron chi connectivity index (χ1n) is 5.92. The van der Waals surface area contributed by atoms with Gasteiger partial charge in [-0.2, -0.15) is 0 Å². The Bertz CT molecular complexity index is 430. The van der Waals surface area contributed by atoms with Crippen molar-refractivity contribution in [2.45, 2.75) is 32.7 Å². The van der Waals surface area contributed by atoms with Crippen molar-refractivity contribution in [3.05, 3.63) is 30.1 Å². The number of amides is 2. The monoisotopic (exact) mass is 232 g/mol. The minimum absolute atomic E-state index is 0.0596. The fourth-order valence-corrected chi connectivity index (χ4v) is 2.20. The van der Waals surface area contributed by atoms with E-state index in [1.54, 1.807) is 6.20 Å². The van der Waals surface area contributed by atoms with E-state index in [4.69, 9.17) is 0 Å². The SMILES string of the molecule is CCC1CC(=O)N(C(C)c2ccccn2)C1=O. The molecule has 1 saturated heterocycles. The fourth-order valence-electron chi connectivity index (χ4n) is 2.20. The number of pyridine rings is 1. The Kier molecular flexibility index (Phi) is 3.22. The zero-order valence-corrected chi connectivity index (χ0v) is 10.1. The number of carbonyl (C=O) groups excluding carboxylic acids is 2. The Morgan fingerprint density at radius 2 is 2.24 bits per heavy atom. The Morgan fingerprint density at radius 1 is 1.47 bits per heavy atom. The third-order valence-corrected chi connectivity index (χ3v) is 3.27. The molecule has 0 aromatic carbocycles. The van der Waals surface area contributed by atoms with Crippen molar-refractivity contribution < 1.29 is 9.59 Å². The molecule has 2 atom stereocenters. The summed E-state index contributed by atoms with van der Waals surface area (Å²) in [5.74, 6) is -0.288. The van der Waals surface area contributed by atoms with Gasteiger partial charge in [-0.3, -0.25) is 19.5 Å². The van der Waals surface area contributed by atoms with Crippen LogP contribution in [-0.2, 0) is 9.59 Å². The van der Waals surface area contributed by atoms with Gasteiger partial charge in [-0.25, -0.2) is 0 Å². The van der Waals surface area contributed by atoms with Crippen LogP contribution in [0.2, 0.25) is 0 Å². The third-order valence-electron chi connectivity index (χ3n) is 3.27. The van der Waals surface area contributed by atoms with Crippen molar-refractivity contribution in [3.8, 4) is 0 Å². The van der Waals surface area contributed by atoms with E-state index in [0.717, 1.165) is 12.1 Å². The van der Waals surface area contributed by atoms with Gasteiger partial charge in [0.25, 0.3) is 0 Å². The van der Waals surface area contributed by atoms with Crippen LogP contribution < -0.4 is 0 Å². The number of imide groups is 1. The van der Waals surface area contributed by atoms with E-state index in [1.807, 2.05) is 32.0 Å². The standard InChI is InChI=1S/C13H16N2O2/c1-3-10-8-12(16)15(13(10)17)9(2)11-6-4-5-7-14-11/h4-7,9-10H,3,8H2,1-2H3. The summed E-state index contributed by atoms with van der Waals surface area (Å²) >= 11 is 0. The lowest BCUT2D eigenvalue weighted by Crippen LogP contribution is -2.33. The molecule has 4 nitrogen and oxygen atoms in total. The third kappa shape index (κ3) is 2.07. The highest BCUT2D eigenvalue weighted by Gasteiger charge is 2.40.